The maximum Gasteiger partial charge on any atom is 0.119 e. The fourth-order valence-corrected chi connectivity index (χ4v) is 1.95. The molecule has 0 saturated heterocycles. The minimum Gasteiger partial charge on any atom is -0.494 e. The summed E-state index contributed by atoms with van der Waals surface area (Å²) in [5, 5.41) is 12.7. The van der Waals surface area contributed by atoms with E-state index in [0.717, 1.165) is 18.7 Å². The van der Waals surface area contributed by atoms with E-state index in [4.69, 9.17) is 4.74 Å². The Morgan fingerprint density at radius 2 is 1.60 bits per heavy atom. The molecule has 0 saturated carbocycles. The van der Waals surface area contributed by atoms with Gasteiger partial charge in [0.15, 0.2) is 0 Å². The van der Waals surface area contributed by atoms with Gasteiger partial charge in [0.25, 0.3) is 0 Å². The molecule has 20 heavy (non-hydrogen) atoms. The van der Waals surface area contributed by atoms with Gasteiger partial charge in [-0.1, -0.05) is 48.5 Å². The monoisotopic (exact) mass is 271 g/mol. The largest absolute Gasteiger partial charge is 0.494 e. The number of ether oxygens (including phenoxy) is 1. The highest BCUT2D eigenvalue weighted by Crippen LogP contribution is 2.09. The first kappa shape index (κ1) is 14.6. The van der Waals surface area contributed by atoms with Crippen LogP contribution in [0, 0.1) is 0 Å². The first-order valence-electron chi connectivity index (χ1n) is 6.94. The smallest absolute Gasteiger partial charge is 0.119 e. The Hall–Kier alpha value is -1.84. The molecule has 1 atom stereocenters. The highest BCUT2D eigenvalue weighted by molar-refractivity contribution is 5.20. The lowest BCUT2D eigenvalue weighted by Gasteiger charge is -2.16. The van der Waals surface area contributed by atoms with E-state index >= 15 is 0 Å². The van der Waals surface area contributed by atoms with E-state index in [1.54, 1.807) is 0 Å². The average Bonchev–Trinajstić information content (AvgIpc) is 2.52. The Morgan fingerprint density at radius 3 is 2.25 bits per heavy atom. The maximum absolute atomic E-state index is 9.38. The van der Waals surface area contributed by atoms with Gasteiger partial charge in [0, 0.05) is 12.6 Å². The van der Waals surface area contributed by atoms with Crippen molar-refractivity contribution < 1.29 is 9.84 Å². The van der Waals surface area contributed by atoms with Crippen LogP contribution in [0.3, 0.4) is 0 Å². The molecule has 0 aromatic heterocycles. The van der Waals surface area contributed by atoms with Crippen molar-refractivity contribution in [3.05, 3.63) is 66.2 Å². The van der Waals surface area contributed by atoms with Crippen LogP contribution in [0.2, 0.25) is 0 Å². The van der Waals surface area contributed by atoms with Crippen LogP contribution in [-0.2, 0) is 6.54 Å². The summed E-state index contributed by atoms with van der Waals surface area (Å²) in [6.07, 6.45) is 0.776. The number of rotatable bonds is 8. The van der Waals surface area contributed by atoms with Crippen molar-refractivity contribution in [3.63, 3.8) is 0 Å². The zero-order chi connectivity index (χ0) is 14.0. The molecule has 2 aromatic rings. The number of aliphatic hydroxyl groups is 1. The molecule has 3 nitrogen and oxygen atoms in total. The van der Waals surface area contributed by atoms with E-state index in [2.05, 4.69) is 17.4 Å². The molecule has 0 spiro atoms. The molecule has 2 rings (SSSR count). The van der Waals surface area contributed by atoms with E-state index in [0.29, 0.717) is 6.61 Å². The summed E-state index contributed by atoms with van der Waals surface area (Å²) < 4.78 is 5.64. The molecule has 106 valence electrons. The Morgan fingerprint density at radius 1 is 0.950 bits per heavy atom. The second-order valence-electron chi connectivity index (χ2n) is 4.70. The minimum atomic E-state index is 0.0546. The Bertz CT molecular complexity index is 473. The second-order valence-corrected chi connectivity index (χ2v) is 4.70. The van der Waals surface area contributed by atoms with Gasteiger partial charge >= 0.3 is 0 Å². The highest BCUT2D eigenvalue weighted by atomic mass is 16.5. The van der Waals surface area contributed by atoms with Crippen molar-refractivity contribution >= 4 is 0 Å². The molecule has 0 radical (unpaired) electrons. The third kappa shape index (κ3) is 5.03. The second kappa shape index (κ2) is 8.35. The van der Waals surface area contributed by atoms with Crippen molar-refractivity contribution in [2.75, 3.05) is 13.2 Å². The van der Waals surface area contributed by atoms with Gasteiger partial charge in [-0.05, 0) is 24.1 Å². The van der Waals surface area contributed by atoms with Gasteiger partial charge in [-0.15, -0.1) is 0 Å². The quantitative estimate of drug-likeness (QED) is 0.775. The van der Waals surface area contributed by atoms with Crippen LogP contribution in [0.4, 0.5) is 0 Å². The van der Waals surface area contributed by atoms with E-state index in [9.17, 15) is 5.11 Å². The summed E-state index contributed by atoms with van der Waals surface area (Å²) in [6, 6.07) is 20.0. The lowest BCUT2D eigenvalue weighted by atomic mass is 10.2. The number of benzene rings is 2. The predicted octanol–water partition coefficient (Wildman–Crippen LogP) is 2.61. The van der Waals surface area contributed by atoms with Crippen molar-refractivity contribution in [1.82, 2.24) is 5.32 Å². The Kier molecular flexibility index (Phi) is 6.08. The highest BCUT2D eigenvalue weighted by Gasteiger charge is 2.07. The summed E-state index contributed by atoms with van der Waals surface area (Å²) in [4.78, 5) is 0. The van der Waals surface area contributed by atoms with Crippen LogP contribution in [0.1, 0.15) is 12.0 Å². The van der Waals surface area contributed by atoms with Crippen LogP contribution in [0.5, 0.6) is 5.75 Å². The summed E-state index contributed by atoms with van der Waals surface area (Å²) in [5.74, 6) is 0.868. The number of hydrogen-bond acceptors (Lipinski definition) is 3. The van der Waals surface area contributed by atoms with Crippen LogP contribution >= 0.6 is 0 Å². The topological polar surface area (TPSA) is 41.5 Å². The van der Waals surface area contributed by atoms with Gasteiger partial charge in [-0.25, -0.2) is 0 Å². The molecule has 0 aliphatic carbocycles. The van der Waals surface area contributed by atoms with E-state index in [-0.39, 0.29) is 12.6 Å². The third-order valence-electron chi connectivity index (χ3n) is 3.14. The fourth-order valence-electron chi connectivity index (χ4n) is 1.95. The Labute approximate surface area is 120 Å². The van der Waals surface area contributed by atoms with Gasteiger partial charge < -0.3 is 15.2 Å². The summed E-state index contributed by atoms with van der Waals surface area (Å²) in [5.41, 5.74) is 1.22. The van der Waals surface area contributed by atoms with Gasteiger partial charge in [0.2, 0.25) is 0 Å². The zero-order valence-corrected chi connectivity index (χ0v) is 11.5. The molecule has 0 aliphatic rings. The first-order valence-corrected chi connectivity index (χ1v) is 6.94. The molecule has 0 aliphatic heterocycles. The van der Waals surface area contributed by atoms with Crippen LogP contribution < -0.4 is 10.1 Å². The Balaban J connectivity index is 1.70. The molecule has 0 fully saturated rings. The number of nitrogens with one attached hydrogen (secondary N) is 1. The van der Waals surface area contributed by atoms with E-state index < -0.39 is 0 Å². The van der Waals surface area contributed by atoms with Gasteiger partial charge in [0.1, 0.15) is 5.75 Å². The van der Waals surface area contributed by atoms with Crippen molar-refractivity contribution in [2.45, 2.75) is 19.0 Å². The molecule has 3 heteroatoms. The summed E-state index contributed by atoms with van der Waals surface area (Å²) >= 11 is 0. The van der Waals surface area contributed by atoms with Gasteiger partial charge in [-0.2, -0.15) is 0 Å². The fraction of sp³-hybridized carbons (Fsp3) is 0.294. The SMILES string of the molecule is OC[C@@H](CCOc1ccccc1)NCc1ccccc1. The van der Waals surface area contributed by atoms with Crippen molar-refractivity contribution in [2.24, 2.45) is 0 Å². The molecule has 2 aromatic carbocycles. The van der Waals surface area contributed by atoms with Crippen molar-refractivity contribution in [1.29, 1.82) is 0 Å². The normalized spacial score (nSPS) is 12.1. The standard InChI is InChI=1S/C17H21NO2/c19-14-16(18-13-15-7-3-1-4-8-15)11-12-20-17-9-5-2-6-10-17/h1-10,16,18-19H,11-14H2/t16-/m1/s1. The summed E-state index contributed by atoms with van der Waals surface area (Å²) in [7, 11) is 0. The average molecular weight is 271 g/mol. The lowest BCUT2D eigenvalue weighted by Crippen LogP contribution is -2.33. The maximum atomic E-state index is 9.38. The van der Waals surface area contributed by atoms with Crippen LogP contribution in [-0.4, -0.2) is 24.4 Å². The number of hydrogen-bond donors (Lipinski definition) is 2. The molecular formula is C17H21NO2. The van der Waals surface area contributed by atoms with Gasteiger partial charge in [0.05, 0.1) is 13.2 Å². The van der Waals surface area contributed by atoms with E-state index in [1.807, 2.05) is 48.5 Å². The molecule has 0 heterocycles. The number of para-hydroxylation sites is 1. The lowest BCUT2D eigenvalue weighted by molar-refractivity contribution is 0.207. The molecular weight excluding hydrogens is 250 g/mol. The number of aliphatic hydroxyl groups excluding tert-OH is 1. The summed E-state index contributed by atoms with van der Waals surface area (Å²) in [6.45, 7) is 1.47. The van der Waals surface area contributed by atoms with E-state index in [1.165, 1.54) is 5.56 Å². The molecule has 2 N–H and O–H groups in total. The third-order valence-corrected chi connectivity index (χ3v) is 3.14. The predicted molar refractivity (Wildman–Crippen MR) is 80.7 cm³/mol. The molecule has 0 bridgehead atoms. The van der Waals surface area contributed by atoms with Crippen LogP contribution in [0.15, 0.2) is 60.7 Å². The molecule has 0 unspecified atom stereocenters. The van der Waals surface area contributed by atoms with Crippen LogP contribution in [0.25, 0.3) is 0 Å². The van der Waals surface area contributed by atoms with Gasteiger partial charge in [-0.3, -0.25) is 0 Å². The molecule has 0 amide bonds. The zero-order valence-electron chi connectivity index (χ0n) is 11.5. The van der Waals surface area contributed by atoms with Crippen molar-refractivity contribution in [3.8, 4) is 5.75 Å². The first-order chi connectivity index (χ1) is 9.88. The minimum absolute atomic E-state index is 0.0546.